The summed E-state index contributed by atoms with van der Waals surface area (Å²) < 4.78 is 7.49. The molecule has 41 heavy (non-hydrogen) atoms. The summed E-state index contributed by atoms with van der Waals surface area (Å²) >= 11 is 0. The van der Waals surface area contributed by atoms with Gasteiger partial charge in [-0.25, -0.2) is 0 Å². The lowest BCUT2D eigenvalue weighted by molar-refractivity contribution is -0.123. The lowest BCUT2D eigenvalue weighted by Crippen LogP contribution is -2.41. The van der Waals surface area contributed by atoms with Gasteiger partial charge >= 0.3 is 0 Å². The molecule has 2 aliphatic rings. The van der Waals surface area contributed by atoms with E-state index in [9.17, 15) is 4.79 Å². The molecular weight excluding hydrogens is 508 g/mol. The van der Waals surface area contributed by atoms with E-state index in [2.05, 4.69) is 84.6 Å². The Morgan fingerprint density at radius 1 is 0.976 bits per heavy atom. The van der Waals surface area contributed by atoms with E-state index in [0.29, 0.717) is 17.7 Å². The minimum absolute atomic E-state index is 0.153. The van der Waals surface area contributed by atoms with Crippen molar-refractivity contribution in [2.24, 2.45) is 11.8 Å². The maximum absolute atomic E-state index is 14.0. The van der Waals surface area contributed by atoms with Crippen molar-refractivity contribution >= 4 is 11.6 Å². The van der Waals surface area contributed by atoms with E-state index in [1.807, 2.05) is 10.9 Å². The number of ether oxygens (including phenoxy) is 1. The van der Waals surface area contributed by atoms with E-state index in [1.165, 1.54) is 43.2 Å². The molecule has 2 aromatic carbocycles. The van der Waals surface area contributed by atoms with Crippen LogP contribution >= 0.6 is 0 Å². The topological polar surface area (TPSA) is 50.6 Å². The first-order valence-corrected chi connectivity index (χ1v) is 15.6. The minimum Gasteiger partial charge on any atom is -0.496 e. The van der Waals surface area contributed by atoms with Crippen LogP contribution in [0.2, 0.25) is 0 Å². The summed E-state index contributed by atoms with van der Waals surface area (Å²) in [5, 5.41) is 4.59. The minimum atomic E-state index is 0.153. The number of carbonyl (C=O) groups is 1. The zero-order chi connectivity index (χ0) is 28.8. The third-order valence-corrected chi connectivity index (χ3v) is 9.30. The molecule has 2 saturated carbocycles. The molecule has 1 aromatic heterocycles. The number of anilines is 1. The summed E-state index contributed by atoms with van der Waals surface area (Å²) in [6, 6.07) is 15.2. The molecule has 0 unspecified atom stereocenters. The van der Waals surface area contributed by atoms with Crippen molar-refractivity contribution in [2.75, 3.05) is 39.2 Å². The second-order valence-electron chi connectivity index (χ2n) is 12.6. The molecule has 1 amide bonds. The fraction of sp³-hybridized carbons (Fsp3) is 0.543. The van der Waals surface area contributed by atoms with E-state index >= 15 is 0 Å². The first-order valence-electron chi connectivity index (χ1n) is 15.6. The van der Waals surface area contributed by atoms with E-state index < -0.39 is 0 Å². The number of likely N-dealkylation sites (N-methyl/N-ethyl adjacent to an activating group) is 1. The Labute approximate surface area is 246 Å². The molecule has 6 heteroatoms. The number of methoxy groups -OCH3 is 1. The lowest BCUT2D eigenvalue weighted by atomic mass is 9.78. The molecular formula is C35H48N4O2. The molecule has 0 saturated heterocycles. The summed E-state index contributed by atoms with van der Waals surface area (Å²) in [6.45, 7) is 4.75. The largest absolute Gasteiger partial charge is 0.496 e. The number of rotatable bonds is 10. The average Bonchev–Trinajstić information content (AvgIpc) is 3.49. The van der Waals surface area contributed by atoms with Crippen LogP contribution in [0.15, 0.2) is 54.9 Å². The van der Waals surface area contributed by atoms with Gasteiger partial charge in [0.25, 0.3) is 0 Å². The first-order chi connectivity index (χ1) is 19.9. The van der Waals surface area contributed by atoms with Gasteiger partial charge in [-0.2, -0.15) is 5.10 Å². The standard InChI is InChI=1S/C35H48N4O2/c1-26-21-31(17-18-34(26)41-4)28-15-13-27(14-16-28)24-39(35(40)29-9-6-5-7-10-29)33-12-8-11-30(22-33)32-23-36-38(25-32)20-19-37(2)3/h8,11-12,17-18,21-23,25,27-29H,5-7,9-10,13-16,19-20,24H2,1-4H3. The van der Waals surface area contributed by atoms with Crippen molar-refractivity contribution in [3.05, 3.63) is 66.0 Å². The highest BCUT2D eigenvalue weighted by atomic mass is 16.5. The van der Waals surface area contributed by atoms with E-state index in [0.717, 1.165) is 67.9 Å². The smallest absolute Gasteiger partial charge is 0.230 e. The summed E-state index contributed by atoms with van der Waals surface area (Å²) in [6.07, 6.45) is 14.4. The average molecular weight is 557 g/mol. The van der Waals surface area contributed by atoms with Crippen LogP contribution in [0.1, 0.15) is 74.8 Å². The van der Waals surface area contributed by atoms with Crippen molar-refractivity contribution in [3.8, 4) is 16.9 Å². The number of carbonyl (C=O) groups excluding carboxylic acids is 1. The van der Waals surface area contributed by atoms with Crippen LogP contribution in [0, 0.1) is 18.8 Å². The summed E-state index contributed by atoms with van der Waals surface area (Å²) in [5.74, 6) is 2.56. The number of aromatic nitrogens is 2. The van der Waals surface area contributed by atoms with Gasteiger partial charge in [0.15, 0.2) is 0 Å². The molecule has 0 spiro atoms. The van der Waals surface area contributed by atoms with Gasteiger partial charge in [-0.3, -0.25) is 9.48 Å². The van der Waals surface area contributed by atoms with Gasteiger partial charge in [-0.15, -0.1) is 0 Å². The van der Waals surface area contributed by atoms with Crippen LogP contribution in [0.5, 0.6) is 5.75 Å². The zero-order valence-corrected chi connectivity index (χ0v) is 25.5. The highest BCUT2D eigenvalue weighted by molar-refractivity contribution is 5.95. The molecule has 0 atom stereocenters. The third-order valence-electron chi connectivity index (χ3n) is 9.30. The van der Waals surface area contributed by atoms with E-state index in [4.69, 9.17) is 4.74 Å². The Kier molecular flexibility index (Phi) is 9.81. The monoisotopic (exact) mass is 556 g/mol. The van der Waals surface area contributed by atoms with E-state index in [1.54, 1.807) is 7.11 Å². The van der Waals surface area contributed by atoms with Crippen LogP contribution < -0.4 is 9.64 Å². The number of benzene rings is 2. The summed E-state index contributed by atoms with van der Waals surface area (Å²) in [7, 11) is 5.90. The molecule has 0 aliphatic heterocycles. The van der Waals surface area contributed by atoms with E-state index in [-0.39, 0.29) is 5.92 Å². The predicted octanol–water partition coefficient (Wildman–Crippen LogP) is 7.32. The normalized spacial score (nSPS) is 19.8. The maximum atomic E-state index is 14.0. The number of nitrogens with zero attached hydrogens (tertiary/aromatic N) is 4. The Hall–Kier alpha value is -3.12. The van der Waals surface area contributed by atoms with Gasteiger partial charge in [0.1, 0.15) is 5.75 Å². The number of amides is 1. The molecule has 2 fully saturated rings. The SMILES string of the molecule is COc1ccc(C2CCC(CN(C(=O)C3CCCCC3)c3cccc(-c4cnn(CCN(C)C)c4)c3)CC2)cc1C. The Morgan fingerprint density at radius 2 is 1.76 bits per heavy atom. The summed E-state index contributed by atoms with van der Waals surface area (Å²) in [4.78, 5) is 18.4. The molecule has 220 valence electrons. The van der Waals surface area contributed by atoms with Gasteiger partial charge in [0, 0.05) is 36.5 Å². The van der Waals surface area contributed by atoms with Gasteiger partial charge in [-0.1, -0.05) is 43.5 Å². The highest BCUT2D eigenvalue weighted by Crippen LogP contribution is 2.39. The Balaban J connectivity index is 1.31. The fourth-order valence-electron chi connectivity index (χ4n) is 6.78. The molecule has 3 aromatic rings. The van der Waals surface area contributed by atoms with Gasteiger partial charge in [0.2, 0.25) is 5.91 Å². The molecule has 0 radical (unpaired) electrons. The zero-order valence-electron chi connectivity index (χ0n) is 25.5. The number of hydrogen-bond acceptors (Lipinski definition) is 4. The van der Waals surface area contributed by atoms with Gasteiger partial charge in [-0.05, 0) is 106 Å². The Bertz CT molecular complexity index is 1280. The van der Waals surface area contributed by atoms with Crippen LogP contribution in [0.25, 0.3) is 11.1 Å². The highest BCUT2D eigenvalue weighted by Gasteiger charge is 2.31. The Morgan fingerprint density at radius 3 is 2.46 bits per heavy atom. The quantitative estimate of drug-likeness (QED) is 0.263. The molecule has 0 N–H and O–H groups in total. The number of hydrogen-bond donors (Lipinski definition) is 0. The first kappa shape index (κ1) is 29.4. The van der Waals surface area contributed by atoms with Crippen molar-refractivity contribution in [1.29, 1.82) is 0 Å². The van der Waals surface area contributed by atoms with Gasteiger partial charge < -0.3 is 14.5 Å². The van der Waals surface area contributed by atoms with Crippen LogP contribution in [0.4, 0.5) is 5.69 Å². The molecule has 2 aliphatic carbocycles. The second-order valence-corrected chi connectivity index (χ2v) is 12.6. The third kappa shape index (κ3) is 7.40. The molecule has 0 bridgehead atoms. The maximum Gasteiger partial charge on any atom is 0.230 e. The van der Waals surface area contributed by atoms with Crippen molar-refractivity contribution in [1.82, 2.24) is 14.7 Å². The van der Waals surface area contributed by atoms with Crippen LogP contribution in [0.3, 0.4) is 0 Å². The predicted molar refractivity (Wildman–Crippen MR) is 168 cm³/mol. The van der Waals surface area contributed by atoms with Crippen molar-refractivity contribution in [3.63, 3.8) is 0 Å². The van der Waals surface area contributed by atoms with Crippen LogP contribution in [-0.2, 0) is 11.3 Å². The fourth-order valence-corrected chi connectivity index (χ4v) is 6.78. The van der Waals surface area contributed by atoms with Crippen molar-refractivity contribution < 1.29 is 9.53 Å². The van der Waals surface area contributed by atoms with Crippen molar-refractivity contribution in [2.45, 2.75) is 77.2 Å². The van der Waals surface area contributed by atoms with Gasteiger partial charge in [0.05, 0.1) is 19.9 Å². The molecule has 6 nitrogen and oxygen atoms in total. The lowest BCUT2D eigenvalue weighted by Gasteiger charge is -2.35. The second kappa shape index (κ2) is 13.7. The summed E-state index contributed by atoms with van der Waals surface area (Å²) in [5.41, 5.74) is 5.90. The molecule has 1 heterocycles. The van der Waals surface area contributed by atoms with Crippen LogP contribution in [-0.4, -0.2) is 54.9 Å². The molecule has 5 rings (SSSR count). The number of aryl methyl sites for hydroxylation is 1.